The molecular formula is C54H56F4N8O6. The number of methoxy groups -OCH3 is 2. The zero-order chi connectivity index (χ0) is 50.9. The molecule has 0 bridgehead atoms. The van der Waals surface area contributed by atoms with Gasteiger partial charge in [0.1, 0.15) is 23.6 Å². The van der Waals surface area contributed by atoms with Crippen LogP contribution in [0.4, 0.5) is 40.3 Å². The summed E-state index contributed by atoms with van der Waals surface area (Å²) in [5.41, 5.74) is 10.1. The Labute approximate surface area is 415 Å². The molecule has 4 atom stereocenters. The van der Waals surface area contributed by atoms with Crippen molar-refractivity contribution in [2.75, 3.05) is 74.2 Å². The Kier molecular flexibility index (Phi) is 14.4. The molecule has 10 rings (SSSR count). The lowest BCUT2D eigenvalue weighted by molar-refractivity contribution is 0.0120. The topological polar surface area (TPSA) is 153 Å². The molecule has 376 valence electrons. The number of amides is 2. The Balaban J connectivity index is 0.000000178. The van der Waals surface area contributed by atoms with Crippen molar-refractivity contribution >= 4 is 34.6 Å². The third-order valence-electron chi connectivity index (χ3n) is 13.6. The summed E-state index contributed by atoms with van der Waals surface area (Å²) >= 11 is 0. The Morgan fingerprint density at radius 1 is 0.611 bits per heavy atom. The predicted octanol–water partition coefficient (Wildman–Crippen LogP) is 10.2. The molecule has 4 aliphatic rings. The third kappa shape index (κ3) is 10.7. The first-order chi connectivity index (χ1) is 34.5. The molecular weight excluding hydrogens is 933 g/mol. The van der Waals surface area contributed by atoms with Crippen molar-refractivity contribution in [3.8, 4) is 22.3 Å². The van der Waals surface area contributed by atoms with E-state index in [4.69, 9.17) is 28.9 Å². The van der Waals surface area contributed by atoms with Gasteiger partial charge < -0.3 is 39.4 Å². The van der Waals surface area contributed by atoms with Crippen LogP contribution in [0.25, 0.3) is 22.3 Å². The predicted molar refractivity (Wildman–Crippen MR) is 265 cm³/mol. The highest BCUT2D eigenvalue weighted by Gasteiger charge is 2.38. The molecule has 2 aromatic carbocycles. The lowest BCUT2D eigenvalue weighted by Crippen LogP contribution is -2.49. The van der Waals surface area contributed by atoms with Crippen molar-refractivity contribution in [1.82, 2.24) is 19.9 Å². The molecule has 0 radical (unpaired) electrons. The molecule has 2 saturated heterocycles. The standard InChI is InChI=1S/2C27H28F2N4O3/c2*1-16-4-5-19(32-26(34)17-6-7-30-24(11-17)27(2,28)29)12-21(16)18-10-22-25(31-14-18)23(35-3)13-20-15-36-9-8-33(20)22/h2*4-7,10-12,14,20,23H,8-9,13,15H2,1-3H3,(H,32,34)/t2*20-,23-/m10/s1. The zero-order valence-electron chi connectivity index (χ0n) is 40.8. The first-order valence-corrected chi connectivity index (χ1v) is 23.8. The second-order valence-corrected chi connectivity index (χ2v) is 18.6. The number of hydrogen-bond acceptors (Lipinski definition) is 12. The highest BCUT2D eigenvalue weighted by atomic mass is 19.3. The van der Waals surface area contributed by atoms with Crippen LogP contribution in [0.2, 0.25) is 0 Å². The van der Waals surface area contributed by atoms with Gasteiger partial charge in [0.15, 0.2) is 0 Å². The highest BCUT2D eigenvalue weighted by Crippen LogP contribution is 2.43. The van der Waals surface area contributed by atoms with Gasteiger partial charge in [-0.1, -0.05) is 12.1 Å². The van der Waals surface area contributed by atoms with E-state index in [-0.39, 0.29) is 35.4 Å². The molecule has 72 heavy (non-hydrogen) atoms. The average Bonchev–Trinajstić information content (AvgIpc) is 3.38. The number of rotatable bonds is 10. The minimum Gasteiger partial charge on any atom is -0.377 e. The van der Waals surface area contributed by atoms with E-state index in [2.05, 4.69) is 42.5 Å². The van der Waals surface area contributed by atoms with Gasteiger partial charge >= 0.3 is 0 Å². The van der Waals surface area contributed by atoms with Crippen LogP contribution in [-0.2, 0) is 30.8 Å². The number of aromatic nitrogens is 4. The third-order valence-corrected chi connectivity index (χ3v) is 13.6. The van der Waals surface area contributed by atoms with E-state index in [1.807, 2.05) is 50.5 Å². The normalized spacial score (nSPS) is 19.4. The lowest BCUT2D eigenvalue weighted by Gasteiger charge is -2.43. The quantitative estimate of drug-likeness (QED) is 0.126. The fraction of sp³-hybridized carbons (Fsp3) is 0.370. The molecule has 18 heteroatoms. The van der Waals surface area contributed by atoms with Gasteiger partial charge in [-0.2, -0.15) is 17.6 Å². The van der Waals surface area contributed by atoms with Gasteiger partial charge in [-0.3, -0.25) is 29.5 Å². The van der Waals surface area contributed by atoms with Crippen LogP contribution < -0.4 is 20.4 Å². The molecule has 4 aromatic heterocycles. The van der Waals surface area contributed by atoms with Gasteiger partial charge in [-0.15, -0.1) is 0 Å². The van der Waals surface area contributed by atoms with Crippen LogP contribution in [0.1, 0.15) is 93.5 Å². The Morgan fingerprint density at radius 2 is 1.03 bits per heavy atom. The van der Waals surface area contributed by atoms with Crippen molar-refractivity contribution in [2.24, 2.45) is 0 Å². The number of pyridine rings is 4. The minimum absolute atomic E-state index is 0.0931. The van der Waals surface area contributed by atoms with E-state index in [0.717, 1.165) is 108 Å². The Hall–Kier alpha value is -6.86. The summed E-state index contributed by atoms with van der Waals surface area (Å²) < 4.78 is 77.5. The van der Waals surface area contributed by atoms with Crippen LogP contribution in [0.15, 0.2) is 97.6 Å². The number of aryl methyl sites for hydroxylation is 2. The second-order valence-electron chi connectivity index (χ2n) is 18.6. The number of nitrogens with zero attached hydrogens (tertiary/aromatic N) is 6. The number of nitrogens with one attached hydrogen (secondary N) is 2. The SMILES string of the molecule is CO[C@@H]1C[C@@H]2COCCN2c2cc(-c3cc(NC(=O)c4ccnc(C(C)(F)F)c4)ccc3C)cnc21.CO[C@H]1C[C@H]2COCCN2c2cc(-c3cc(NC(=O)c4ccnc(C(C)(F)F)c4)ccc3C)cnc21. The summed E-state index contributed by atoms with van der Waals surface area (Å²) in [6.45, 7) is 9.72. The van der Waals surface area contributed by atoms with Crippen molar-refractivity contribution in [2.45, 2.75) is 76.7 Å². The van der Waals surface area contributed by atoms with Gasteiger partial charge in [0.25, 0.3) is 23.7 Å². The summed E-state index contributed by atoms with van der Waals surface area (Å²) in [7, 11) is 3.40. The number of benzene rings is 2. The van der Waals surface area contributed by atoms with Crippen LogP contribution >= 0.6 is 0 Å². The van der Waals surface area contributed by atoms with Crippen molar-refractivity contribution in [3.63, 3.8) is 0 Å². The number of carbonyl (C=O) groups excluding carboxylic acids is 2. The Morgan fingerprint density at radius 3 is 1.42 bits per heavy atom. The first-order valence-electron chi connectivity index (χ1n) is 23.8. The number of fused-ring (bicyclic) bond motifs is 6. The molecule has 14 nitrogen and oxygen atoms in total. The fourth-order valence-electron chi connectivity index (χ4n) is 9.70. The highest BCUT2D eigenvalue weighted by molar-refractivity contribution is 6.05. The van der Waals surface area contributed by atoms with Gasteiger partial charge in [0.05, 0.1) is 61.3 Å². The maximum atomic E-state index is 13.7. The first kappa shape index (κ1) is 50.1. The number of ether oxygens (including phenoxy) is 4. The molecule has 2 fully saturated rings. The number of halogens is 4. The second kappa shape index (κ2) is 20.7. The van der Waals surface area contributed by atoms with Crippen LogP contribution in [0.3, 0.4) is 0 Å². The number of anilines is 4. The van der Waals surface area contributed by atoms with Gasteiger partial charge in [0, 0.05) is 112 Å². The molecule has 2 amide bonds. The summed E-state index contributed by atoms with van der Waals surface area (Å²) in [6, 6.07) is 20.9. The summed E-state index contributed by atoms with van der Waals surface area (Å²) in [5.74, 6) is -7.23. The number of carbonyl (C=O) groups is 2. The van der Waals surface area contributed by atoms with E-state index in [1.165, 1.54) is 24.5 Å². The number of hydrogen-bond donors (Lipinski definition) is 2. The van der Waals surface area contributed by atoms with Gasteiger partial charge in [0.2, 0.25) is 0 Å². The fourth-order valence-corrected chi connectivity index (χ4v) is 9.70. The van der Waals surface area contributed by atoms with Crippen LogP contribution in [0, 0.1) is 13.8 Å². The molecule has 6 aromatic rings. The molecule has 0 unspecified atom stereocenters. The Bertz CT molecular complexity index is 2790. The largest absolute Gasteiger partial charge is 0.377 e. The smallest absolute Gasteiger partial charge is 0.286 e. The molecule has 4 aliphatic heterocycles. The molecule has 8 heterocycles. The summed E-state index contributed by atoms with van der Waals surface area (Å²) in [4.78, 5) is 47.2. The maximum Gasteiger partial charge on any atom is 0.286 e. The zero-order valence-corrected chi connectivity index (χ0v) is 40.8. The molecule has 0 spiro atoms. The number of alkyl halides is 4. The van der Waals surface area contributed by atoms with E-state index in [9.17, 15) is 27.2 Å². The van der Waals surface area contributed by atoms with E-state index in [1.54, 1.807) is 26.4 Å². The van der Waals surface area contributed by atoms with Crippen molar-refractivity contribution < 1.29 is 46.1 Å². The summed E-state index contributed by atoms with van der Waals surface area (Å²) in [5, 5.41) is 5.64. The number of morpholine rings is 2. The van der Waals surface area contributed by atoms with Crippen LogP contribution in [0.5, 0.6) is 0 Å². The van der Waals surface area contributed by atoms with Gasteiger partial charge in [-0.25, -0.2) is 0 Å². The van der Waals surface area contributed by atoms with E-state index < -0.39 is 35.0 Å². The lowest BCUT2D eigenvalue weighted by atomic mass is 9.93. The average molecular weight is 989 g/mol. The minimum atomic E-state index is -3.13. The molecule has 2 N–H and O–H groups in total. The molecule has 0 saturated carbocycles. The van der Waals surface area contributed by atoms with E-state index in [0.29, 0.717) is 37.8 Å². The summed E-state index contributed by atoms with van der Waals surface area (Å²) in [6.07, 6.45) is 7.57. The van der Waals surface area contributed by atoms with Crippen molar-refractivity contribution in [1.29, 1.82) is 0 Å². The van der Waals surface area contributed by atoms with E-state index >= 15 is 0 Å². The molecule has 0 aliphatic carbocycles. The van der Waals surface area contributed by atoms with Gasteiger partial charge in [-0.05, 0) is 96.8 Å². The van der Waals surface area contributed by atoms with Crippen molar-refractivity contribution in [3.05, 3.63) is 143 Å². The maximum absolute atomic E-state index is 13.7. The monoisotopic (exact) mass is 988 g/mol. The van der Waals surface area contributed by atoms with Crippen LogP contribution in [-0.4, -0.2) is 97.6 Å².